The molecular formula is C27H23Cl3N2O3. The van der Waals surface area contributed by atoms with Crippen molar-refractivity contribution in [1.82, 2.24) is 4.57 Å². The number of nitrogens with zero attached hydrogens (tertiary/aromatic N) is 2. The lowest BCUT2D eigenvalue weighted by Gasteiger charge is -2.18. The number of carbonyl (C=O) groups excluding carboxylic acids is 2. The van der Waals surface area contributed by atoms with E-state index in [1.807, 2.05) is 43.5 Å². The van der Waals surface area contributed by atoms with Crippen molar-refractivity contribution in [2.45, 2.75) is 27.7 Å². The van der Waals surface area contributed by atoms with E-state index < -0.39 is 5.97 Å². The number of rotatable bonds is 4. The second kappa shape index (κ2) is 9.57. The molecule has 180 valence electrons. The lowest BCUT2D eigenvalue weighted by molar-refractivity contribution is -0.136. The number of allylic oxidation sites excluding steroid dienone is 1. The van der Waals surface area contributed by atoms with Crippen LogP contribution >= 0.6 is 34.8 Å². The molecule has 35 heavy (non-hydrogen) atoms. The fourth-order valence-corrected chi connectivity index (χ4v) is 4.79. The summed E-state index contributed by atoms with van der Waals surface area (Å²) in [7, 11) is 1.30. The van der Waals surface area contributed by atoms with Crippen LogP contribution < -0.4 is 4.90 Å². The summed E-state index contributed by atoms with van der Waals surface area (Å²) < 4.78 is 7.04. The molecule has 0 aliphatic carbocycles. The van der Waals surface area contributed by atoms with Crippen LogP contribution in [0, 0.1) is 20.8 Å². The van der Waals surface area contributed by atoms with E-state index in [-0.39, 0.29) is 17.1 Å². The van der Waals surface area contributed by atoms with Crippen LogP contribution in [-0.4, -0.2) is 23.6 Å². The highest BCUT2D eigenvalue weighted by atomic mass is 35.5. The second-order valence-corrected chi connectivity index (χ2v) is 9.57. The number of aromatic nitrogens is 1. The van der Waals surface area contributed by atoms with E-state index in [9.17, 15) is 9.59 Å². The minimum atomic E-state index is -0.582. The first-order valence-electron chi connectivity index (χ1n) is 10.8. The van der Waals surface area contributed by atoms with Gasteiger partial charge in [-0.2, -0.15) is 0 Å². The molecule has 1 amide bonds. The first-order valence-corrected chi connectivity index (χ1v) is 11.9. The highest BCUT2D eigenvalue weighted by Crippen LogP contribution is 2.37. The Bertz CT molecular complexity index is 1450. The smallest absolute Gasteiger partial charge is 0.340 e. The van der Waals surface area contributed by atoms with Crippen molar-refractivity contribution in [3.05, 3.63) is 96.9 Å². The Morgan fingerprint density at radius 3 is 2.17 bits per heavy atom. The maximum absolute atomic E-state index is 13.6. The third-order valence-electron chi connectivity index (χ3n) is 6.13. The first-order chi connectivity index (χ1) is 16.5. The lowest BCUT2D eigenvalue weighted by atomic mass is 10.0. The van der Waals surface area contributed by atoms with Gasteiger partial charge in [-0.05, 0) is 81.3 Å². The number of carbonyl (C=O) groups is 2. The summed E-state index contributed by atoms with van der Waals surface area (Å²) in [5.41, 5.74) is 5.85. The van der Waals surface area contributed by atoms with Crippen molar-refractivity contribution in [1.29, 1.82) is 0 Å². The molecule has 1 aliphatic rings. The number of hydrogen-bond donors (Lipinski definition) is 0. The summed E-state index contributed by atoms with van der Waals surface area (Å²) >= 11 is 18.6. The minimum Gasteiger partial charge on any atom is -0.465 e. The molecule has 0 saturated carbocycles. The molecule has 0 atom stereocenters. The van der Waals surface area contributed by atoms with Crippen molar-refractivity contribution in [2.75, 3.05) is 12.0 Å². The topological polar surface area (TPSA) is 51.5 Å². The van der Waals surface area contributed by atoms with Gasteiger partial charge in [0.2, 0.25) is 0 Å². The van der Waals surface area contributed by atoms with Crippen molar-refractivity contribution in [2.24, 2.45) is 0 Å². The maximum Gasteiger partial charge on any atom is 0.340 e. The summed E-state index contributed by atoms with van der Waals surface area (Å²) in [6.45, 7) is 7.50. The van der Waals surface area contributed by atoms with Gasteiger partial charge in [0, 0.05) is 27.8 Å². The zero-order chi connectivity index (χ0) is 25.6. The van der Waals surface area contributed by atoms with Crippen LogP contribution in [0.1, 0.15) is 29.4 Å². The highest BCUT2D eigenvalue weighted by molar-refractivity contribution is 6.42. The van der Waals surface area contributed by atoms with Crippen LogP contribution in [0.4, 0.5) is 5.69 Å². The average Bonchev–Trinajstić information content (AvgIpc) is 3.23. The predicted octanol–water partition coefficient (Wildman–Crippen LogP) is 7.24. The summed E-state index contributed by atoms with van der Waals surface area (Å²) in [5.74, 6) is -0.914. The van der Waals surface area contributed by atoms with E-state index in [0.29, 0.717) is 26.5 Å². The molecule has 0 bridgehead atoms. The molecule has 0 N–H and O–H groups in total. The van der Waals surface area contributed by atoms with Gasteiger partial charge in [-0.15, -0.1) is 0 Å². The fourth-order valence-electron chi connectivity index (χ4n) is 4.32. The van der Waals surface area contributed by atoms with E-state index in [1.165, 1.54) is 12.0 Å². The summed E-state index contributed by atoms with van der Waals surface area (Å²) in [4.78, 5) is 27.9. The number of anilines is 1. The van der Waals surface area contributed by atoms with Crippen molar-refractivity contribution >= 4 is 58.4 Å². The van der Waals surface area contributed by atoms with Gasteiger partial charge in [-0.25, -0.2) is 4.79 Å². The Kier molecular flexibility index (Phi) is 6.87. The minimum absolute atomic E-state index is 0.216. The number of esters is 1. The number of aryl methyl sites for hydroxylation is 2. The summed E-state index contributed by atoms with van der Waals surface area (Å²) in [5, 5.41) is 1.45. The molecule has 4 rings (SSSR count). The van der Waals surface area contributed by atoms with E-state index >= 15 is 0 Å². The largest absolute Gasteiger partial charge is 0.465 e. The molecule has 8 heteroatoms. The Morgan fingerprint density at radius 1 is 0.886 bits per heavy atom. The lowest BCUT2D eigenvalue weighted by Crippen LogP contribution is -2.24. The Labute approximate surface area is 219 Å². The van der Waals surface area contributed by atoms with Gasteiger partial charge in [0.25, 0.3) is 5.91 Å². The van der Waals surface area contributed by atoms with E-state index in [4.69, 9.17) is 39.5 Å². The van der Waals surface area contributed by atoms with Gasteiger partial charge >= 0.3 is 5.97 Å². The molecule has 1 aromatic heterocycles. The third kappa shape index (κ3) is 4.40. The molecule has 2 aromatic carbocycles. The van der Waals surface area contributed by atoms with Gasteiger partial charge < -0.3 is 9.30 Å². The summed E-state index contributed by atoms with van der Waals surface area (Å²) in [6.07, 6.45) is 1.73. The number of amides is 1. The molecule has 1 aliphatic heterocycles. The average molecular weight is 530 g/mol. The van der Waals surface area contributed by atoms with Crippen LogP contribution in [0.5, 0.6) is 0 Å². The fraction of sp³-hybridized carbons (Fsp3) is 0.185. The standard InChI is InChI=1S/C27H23Cl3N2O3/c1-14-6-7-20(12-23(14)29)32-17(4)25(27(34)35-5)21(26(32)33)11-18-10-15(2)31(16(18)3)19-8-9-22(28)24(30)13-19/h6-13H,1-5H3/b21-11-. The summed E-state index contributed by atoms with van der Waals surface area (Å²) in [6, 6.07) is 12.7. The van der Waals surface area contributed by atoms with E-state index in [2.05, 4.69) is 0 Å². The zero-order valence-corrected chi connectivity index (χ0v) is 22.1. The van der Waals surface area contributed by atoms with E-state index in [1.54, 1.807) is 37.3 Å². The maximum atomic E-state index is 13.6. The molecule has 0 unspecified atom stereocenters. The molecule has 3 aromatic rings. The number of halogens is 3. The Morgan fingerprint density at radius 2 is 1.54 bits per heavy atom. The number of hydrogen-bond acceptors (Lipinski definition) is 3. The van der Waals surface area contributed by atoms with Crippen molar-refractivity contribution < 1.29 is 14.3 Å². The van der Waals surface area contributed by atoms with Crippen LogP contribution in [0.25, 0.3) is 11.8 Å². The Hall–Kier alpha value is -2.99. The number of methoxy groups -OCH3 is 1. The quantitative estimate of drug-likeness (QED) is 0.264. The number of ether oxygens (including phenoxy) is 1. The van der Waals surface area contributed by atoms with Crippen LogP contribution in [0.2, 0.25) is 15.1 Å². The molecular weight excluding hydrogens is 507 g/mol. The van der Waals surface area contributed by atoms with Crippen molar-refractivity contribution in [3.8, 4) is 5.69 Å². The molecule has 0 radical (unpaired) electrons. The Balaban J connectivity index is 1.85. The van der Waals surface area contributed by atoms with Crippen molar-refractivity contribution in [3.63, 3.8) is 0 Å². The van der Waals surface area contributed by atoms with Gasteiger partial charge in [0.05, 0.1) is 34.0 Å². The zero-order valence-electron chi connectivity index (χ0n) is 19.9. The van der Waals surface area contributed by atoms with Gasteiger partial charge in [-0.3, -0.25) is 9.69 Å². The van der Waals surface area contributed by atoms with Crippen LogP contribution in [0.3, 0.4) is 0 Å². The second-order valence-electron chi connectivity index (χ2n) is 8.34. The number of benzene rings is 2. The van der Waals surface area contributed by atoms with Gasteiger partial charge in [-0.1, -0.05) is 40.9 Å². The molecule has 5 nitrogen and oxygen atoms in total. The molecule has 0 spiro atoms. The first kappa shape index (κ1) is 25.1. The molecule has 0 fully saturated rings. The molecule has 0 saturated heterocycles. The van der Waals surface area contributed by atoms with Crippen LogP contribution in [0.15, 0.2) is 59.3 Å². The van der Waals surface area contributed by atoms with Gasteiger partial charge in [0.1, 0.15) is 0 Å². The SMILES string of the molecule is COC(=O)C1=C(C)N(c2ccc(C)c(Cl)c2)C(=O)/C1=C\c1cc(C)n(-c2ccc(Cl)c(Cl)c2)c1C. The highest BCUT2D eigenvalue weighted by Gasteiger charge is 2.38. The molecule has 2 heterocycles. The predicted molar refractivity (Wildman–Crippen MR) is 142 cm³/mol. The third-order valence-corrected chi connectivity index (χ3v) is 7.28. The van der Waals surface area contributed by atoms with Gasteiger partial charge in [0.15, 0.2) is 0 Å². The normalized spacial score (nSPS) is 14.9. The van der Waals surface area contributed by atoms with E-state index in [0.717, 1.165) is 28.2 Å². The monoisotopic (exact) mass is 528 g/mol. The van der Waals surface area contributed by atoms with Crippen LogP contribution in [-0.2, 0) is 14.3 Å².